The number of nitrogens with zero attached hydrogens (tertiary/aromatic N) is 1. The molecule has 0 saturated carbocycles. The predicted molar refractivity (Wildman–Crippen MR) is 101 cm³/mol. The highest BCUT2D eigenvalue weighted by molar-refractivity contribution is 7.89. The summed E-state index contributed by atoms with van der Waals surface area (Å²) >= 11 is 0. The lowest BCUT2D eigenvalue weighted by Gasteiger charge is -2.32. The second-order valence-corrected chi connectivity index (χ2v) is 8.39. The van der Waals surface area contributed by atoms with E-state index in [9.17, 15) is 8.42 Å². The molecule has 0 N–H and O–H groups in total. The highest BCUT2D eigenvalue weighted by atomic mass is 32.2. The Hall–Kier alpha value is -1.89. The summed E-state index contributed by atoms with van der Waals surface area (Å²) < 4.78 is 38.8. The molecule has 1 saturated heterocycles. The zero-order valence-corrected chi connectivity index (χ0v) is 16.0. The van der Waals surface area contributed by atoms with Gasteiger partial charge in [-0.05, 0) is 43.2 Å². The Morgan fingerprint density at radius 3 is 2.46 bits per heavy atom. The molecule has 1 heterocycles. The normalized spacial score (nSPS) is 18.6. The van der Waals surface area contributed by atoms with Gasteiger partial charge in [-0.1, -0.05) is 36.8 Å². The fourth-order valence-corrected chi connectivity index (χ4v) is 4.33. The first-order chi connectivity index (χ1) is 12.5. The highest BCUT2D eigenvalue weighted by Gasteiger charge is 2.31. The van der Waals surface area contributed by atoms with Crippen molar-refractivity contribution in [2.45, 2.75) is 31.3 Å². The minimum atomic E-state index is -3.55. The summed E-state index contributed by atoms with van der Waals surface area (Å²) in [6.45, 7) is 5.74. The van der Waals surface area contributed by atoms with E-state index in [4.69, 9.17) is 9.47 Å². The van der Waals surface area contributed by atoms with Crippen molar-refractivity contribution in [3.8, 4) is 5.75 Å². The molecule has 0 aromatic heterocycles. The van der Waals surface area contributed by atoms with Gasteiger partial charge in [0.2, 0.25) is 10.0 Å². The first-order valence-electron chi connectivity index (χ1n) is 8.92. The lowest BCUT2D eigenvalue weighted by Crippen LogP contribution is -2.42. The van der Waals surface area contributed by atoms with Crippen LogP contribution in [-0.2, 0) is 14.8 Å². The van der Waals surface area contributed by atoms with Crippen molar-refractivity contribution in [3.05, 3.63) is 59.7 Å². The summed E-state index contributed by atoms with van der Waals surface area (Å²) in [6.07, 6.45) is 0.667. The molecule has 1 atom stereocenters. The van der Waals surface area contributed by atoms with Crippen molar-refractivity contribution in [1.82, 2.24) is 4.31 Å². The van der Waals surface area contributed by atoms with E-state index in [1.54, 1.807) is 24.3 Å². The van der Waals surface area contributed by atoms with Crippen LogP contribution < -0.4 is 4.74 Å². The fourth-order valence-electron chi connectivity index (χ4n) is 2.90. The number of hydrogen-bond acceptors (Lipinski definition) is 4. The van der Waals surface area contributed by atoms with Crippen molar-refractivity contribution in [2.24, 2.45) is 0 Å². The van der Waals surface area contributed by atoms with Crippen LogP contribution in [0.5, 0.6) is 5.75 Å². The van der Waals surface area contributed by atoms with Crippen molar-refractivity contribution in [2.75, 3.05) is 26.3 Å². The minimum Gasteiger partial charge on any atom is -0.494 e. The summed E-state index contributed by atoms with van der Waals surface area (Å²) in [5.74, 6) is 0.685. The molecule has 1 aliphatic rings. The summed E-state index contributed by atoms with van der Waals surface area (Å²) in [7, 11) is -3.55. The third-order valence-electron chi connectivity index (χ3n) is 4.41. The molecule has 0 spiro atoms. The topological polar surface area (TPSA) is 55.8 Å². The van der Waals surface area contributed by atoms with E-state index in [0.29, 0.717) is 32.1 Å². The number of benzene rings is 2. The van der Waals surface area contributed by atoms with E-state index in [1.807, 2.05) is 38.1 Å². The van der Waals surface area contributed by atoms with Crippen LogP contribution in [0.1, 0.15) is 30.6 Å². The Morgan fingerprint density at radius 2 is 1.81 bits per heavy atom. The van der Waals surface area contributed by atoms with E-state index in [1.165, 1.54) is 9.87 Å². The third-order valence-corrected chi connectivity index (χ3v) is 6.29. The van der Waals surface area contributed by atoms with Crippen LogP contribution in [-0.4, -0.2) is 39.0 Å². The summed E-state index contributed by atoms with van der Waals surface area (Å²) in [4.78, 5) is 0.283. The number of aryl methyl sites for hydroxylation is 1. The standard InChI is InChI=1S/C20H25NO4S/c1-3-13-24-18-8-10-19(11-9-18)26(22,23)21-12-14-25-20(15-21)17-6-4-16(2)5-7-17/h4-11,20H,3,12-15H2,1-2H3. The zero-order chi connectivity index (χ0) is 18.6. The molecular formula is C20H25NO4S. The number of morpholine rings is 1. The molecule has 140 valence electrons. The molecule has 3 rings (SSSR count). The molecule has 26 heavy (non-hydrogen) atoms. The molecule has 1 unspecified atom stereocenters. The smallest absolute Gasteiger partial charge is 0.243 e. The maximum absolute atomic E-state index is 13.0. The zero-order valence-electron chi connectivity index (χ0n) is 15.2. The van der Waals surface area contributed by atoms with Gasteiger partial charge in [0.15, 0.2) is 0 Å². The number of rotatable bonds is 6. The maximum Gasteiger partial charge on any atom is 0.243 e. The molecular weight excluding hydrogens is 350 g/mol. The van der Waals surface area contributed by atoms with Crippen LogP contribution >= 0.6 is 0 Å². The lowest BCUT2D eigenvalue weighted by atomic mass is 10.1. The molecule has 0 aliphatic carbocycles. The summed E-state index contributed by atoms with van der Waals surface area (Å²) in [5.41, 5.74) is 2.17. The Bertz CT molecular complexity index is 816. The van der Waals surface area contributed by atoms with E-state index in [-0.39, 0.29) is 11.0 Å². The molecule has 2 aromatic rings. The molecule has 0 amide bonds. The van der Waals surface area contributed by atoms with Crippen molar-refractivity contribution in [1.29, 1.82) is 0 Å². The molecule has 2 aromatic carbocycles. The Kier molecular flexibility index (Phi) is 5.96. The minimum absolute atomic E-state index is 0.244. The van der Waals surface area contributed by atoms with Gasteiger partial charge in [-0.15, -0.1) is 0 Å². The third kappa shape index (κ3) is 4.26. The van der Waals surface area contributed by atoms with Gasteiger partial charge in [0, 0.05) is 13.1 Å². The summed E-state index contributed by atoms with van der Waals surface area (Å²) in [6, 6.07) is 14.7. The van der Waals surface area contributed by atoms with E-state index in [0.717, 1.165) is 12.0 Å². The fraction of sp³-hybridized carbons (Fsp3) is 0.400. The van der Waals surface area contributed by atoms with Crippen LogP contribution in [0.4, 0.5) is 0 Å². The van der Waals surface area contributed by atoms with Gasteiger partial charge < -0.3 is 9.47 Å². The molecule has 1 fully saturated rings. The van der Waals surface area contributed by atoms with Gasteiger partial charge in [0.1, 0.15) is 5.75 Å². The first-order valence-corrected chi connectivity index (χ1v) is 10.4. The van der Waals surface area contributed by atoms with Crippen molar-refractivity contribution < 1.29 is 17.9 Å². The lowest BCUT2D eigenvalue weighted by molar-refractivity contribution is -0.00256. The van der Waals surface area contributed by atoms with Crippen molar-refractivity contribution >= 4 is 10.0 Å². The number of ether oxygens (including phenoxy) is 2. The SMILES string of the molecule is CCCOc1ccc(S(=O)(=O)N2CCOC(c3ccc(C)cc3)C2)cc1. The Morgan fingerprint density at radius 1 is 1.12 bits per heavy atom. The van der Waals surface area contributed by atoms with Crippen LogP contribution in [0.2, 0.25) is 0 Å². The van der Waals surface area contributed by atoms with Crippen LogP contribution in [0.25, 0.3) is 0 Å². The van der Waals surface area contributed by atoms with Gasteiger partial charge in [0.05, 0.1) is 24.2 Å². The molecule has 1 aliphatic heterocycles. The maximum atomic E-state index is 13.0. The monoisotopic (exact) mass is 375 g/mol. The molecule has 6 heteroatoms. The highest BCUT2D eigenvalue weighted by Crippen LogP contribution is 2.27. The average molecular weight is 375 g/mol. The van der Waals surface area contributed by atoms with Crippen LogP contribution in [0.15, 0.2) is 53.4 Å². The van der Waals surface area contributed by atoms with Gasteiger partial charge in [0.25, 0.3) is 0 Å². The number of sulfonamides is 1. The average Bonchev–Trinajstić information content (AvgIpc) is 2.67. The molecule has 0 bridgehead atoms. The Balaban J connectivity index is 1.75. The quantitative estimate of drug-likeness (QED) is 0.775. The second-order valence-electron chi connectivity index (χ2n) is 6.45. The van der Waals surface area contributed by atoms with Gasteiger partial charge >= 0.3 is 0 Å². The van der Waals surface area contributed by atoms with Crippen LogP contribution in [0.3, 0.4) is 0 Å². The first kappa shape index (κ1) is 18.9. The second kappa shape index (κ2) is 8.20. The van der Waals surface area contributed by atoms with E-state index >= 15 is 0 Å². The van der Waals surface area contributed by atoms with E-state index in [2.05, 4.69) is 0 Å². The number of hydrogen-bond donors (Lipinski definition) is 0. The van der Waals surface area contributed by atoms with Gasteiger partial charge in [-0.3, -0.25) is 0 Å². The van der Waals surface area contributed by atoms with E-state index < -0.39 is 10.0 Å². The largest absolute Gasteiger partial charge is 0.494 e. The molecule has 5 nitrogen and oxygen atoms in total. The predicted octanol–water partition coefficient (Wildman–Crippen LogP) is 3.55. The van der Waals surface area contributed by atoms with Crippen LogP contribution in [0, 0.1) is 6.92 Å². The van der Waals surface area contributed by atoms with Gasteiger partial charge in [-0.2, -0.15) is 4.31 Å². The Labute approximate surface area is 155 Å². The van der Waals surface area contributed by atoms with Gasteiger partial charge in [-0.25, -0.2) is 8.42 Å². The molecule has 0 radical (unpaired) electrons. The summed E-state index contributed by atoms with van der Waals surface area (Å²) in [5, 5.41) is 0. The van der Waals surface area contributed by atoms with Crippen molar-refractivity contribution in [3.63, 3.8) is 0 Å².